The number of nitriles is 1. The van der Waals surface area contributed by atoms with Gasteiger partial charge >= 0.3 is 0 Å². The number of carbonyl (C=O) groups is 1. The number of carbonyl (C=O) groups excluding carboxylic acids is 1. The fourth-order valence-electron chi connectivity index (χ4n) is 3.45. The van der Waals surface area contributed by atoms with Crippen molar-refractivity contribution < 1.29 is 13.2 Å². The van der Waals surface area contributed by atoms with Crippen molar-refractivity contribution in [1.29, 1.82) is 5.26 Å². The summed E-state index contributed by atoms with van der Waals surface area (Å²) in [6.45, 7) is 2.43. The van der Waals surface area contributed by atoms with E-state index < -0.39 is 10.0 Å². The van der Waals surface area contributed by atoms with Gasteiger partial charge in [0.15, 0.2) is 0 Å². The topological polar surface area (TPSA) is 81.5 Å². The van der Waals surface area contributed by atoms with Crippen LogP contribution in [0.4, 0.5) is 0 Å². The van der Waals surface area contributed by atoms with Crippen molar-refractivity contribution in [1.82, 2.24) is 9.21 Å². The first-order valence-corrected chi connectivity index (χ1v) is 10.6. The number of rotatable bonds is 5. The smallest absolute Gasteiger partial charge is 0.243 e. The van der Waals surface area contributed by atoms with Crippen LogP contribution in [0, 0.1) is 18.3 Å². The van der Waals surface area contributed by atoms with Crippen LogP contribution in [0.5, 0.6) is 0 Å². The van der Waals surface area contributed by atoms with Crippen LogP contribution in [0.3, 0.4) is 0 Å². The van der Waals surface area contributed by atoms with Crippen molar-refractivity contribution >= 4 is 15.9 Å². The third-order valence-corrected chi connectivity index (χ3v) is 6.90. The van der Waals surface area contributed by atoms with Gasteiger partial charge in [0.2, 0.25) is 15.9 Å². The molecular weight excluding hydrogens is 374 g/mol. The Hall–Kier alpha value is -2.69. The van der Waals surface area contributed by atoms with Gasteiger partial charge in [-0.2, -0.15) is 9.57 Å². The lowest BCUT2D eigenvalue weighted by Crippen LogP contribution is -2.40. The first-order chi connectivity index (χ1) is 13.3. The van der Waals surface area contributed by atoms with Gasteiger partial charge in [0, 0.05) is 13.6 Å². The monoisotopic (exact) mass is 397 g/mol. The Kier molecular flexibility index (Phi) is 5.82. The van der Waals surface area contributed by atoms with Crippen molar-refractivity contribution in [2.24, 2.45) is 0 Å². The van der Waals surface area contributed by atoms with Gasteiger partial charge in [-0.1, -0.05) is 29.8 Å². The van der Waals surface area contributed by atoms with E-state index in [1.165, 1.54) is 31.3 Å². The predicted molar refractivity (Wildman–Crippen MR) is 106 cm³/mol. The van der Waals surface area contributed by atoms with Crippen LogP contribution in [0.15, 0.2) is 53.4 Å². The quantitative estimate of drug-likeness (QED) is 0.777. The molecule has 0 spiro atoms. The third kappa shape index (κ3) is 4.08. The highest BCUT2D eigenvalue weighted by Gasteiger charge is 2.32. The standard InChI is InChI=1S/C21H23N3O3S/c1-16-5-9-18(10-6-16)20-4-3-13-24(20)21(25)15-23(2)28(26,27)19-11-7-17(14-22)8-12-19/h5-12,20H,3-4,13,15H2,1-2H3. The fraction of sp³-hybridized carbons (Fsp3) is 0.333. The van der Waals surface area contributed by atoms with Gasteiger partial charge in [-0.15, -0.1) is 0 Å². The van der Waals surface area contributed by atoms with E-state index in [0.717, 1.165) is 28.3 Å². The van der Waals surface area contributed by atoms with Crippen molar-refractivity contribution in [2.75, 3.05) is 20.1 Å². The Balaban J connectivity index is 1.73. The minimum Gasteiger partial charge on any atom is -0.335 e. The highest BCUT2D eigenvalue weighted by atomic mass is 32.2. The van der Waals surface area contributed by atoms with Gasteiger partial charge in [0.1, 0.15) is 0 Å². The number of hydrogen-bond acceptors (Lipinski definition) is 4. The summed E-state index contributed by atoms with van der Waals surface area (Å²) in [4.78, 5) is 14.7. The Morgan fingerprint density at radius 3 is 2.43 bits per heavy atom. The lowest BCUT2D eigenvalue weighted by Gasteiger charge is -2.27. The number of sulfonamides is 1. The van der Waals surface area contributed by atoms with E-state index in [0.29, 0.717) is 12.1 Å². The first kappa shape index (κ1) is 20.1. The maximum absolute atomic E-state index is 12.9. The van der Waals surface area contributed by atoms with Crippen molar-refractivity contribution in [3.8, 4) is 6.07 Å². The zero-order chi connectivity index (χ0) is 20.3. The van der Waals surface area contributed by atoms with E-state index in [9.17, 15) is 13.2 Å². The molecule has 1 amide bonds. The summed E-state index contributed by atoms with van der Waals surface area (Å²) in [5.74, 6) is -0.206. The Morgan fingerprint density at radius 1 is 1.18 bits per heavy atom. The lowest BCUT2D eigenvalue weighted by atomic mass is 10.0. The summed E-state index contributed by atoms with van der Waals surface area (Å²) in [6.07, 6.45) is 1.78. The summed E-state index contributed by atoms with van der Waals surface area (Å²) >= 11 is 0. The van der Waals surface area contributed by atoms with Crippen LogP contribution in [0.25, 0.3) is 0 Å². The van der Waals surface area contributed by atoms with Gasteiger partial charge < -0.3 is 4.90 Å². The van der Waals surface area contributed by atoms with E-state index in [-0.39, 0.29) is 23.4 Å². The van der Waals surface area contributed by atoms with E-state index in [1.807, 2.05) is 37.3 Å². The van der Waals surface area contributed by atoms with Gasteiger partial charge in [0.05, 0.1) is 29.1 Å². The van der Waals surface area contributed by atoms with Crippen LogP contribution in [0.2, 0.25) is 0 Å². The molecule has 0 bridgehead atoms. The molecule has 2 aromatic carbocycles. The van der Waals surface area contributed by atoms with E-state index in [2.05, 4.69) is 0 Å². The average Bonchev–Trinajstić information content (AvgIpc) is 3.18. The van der Waals surface area contributed by atoms with Crippen LogP contribution in [-0.2, 0) is 14.8 Å². The minimum atomic E-state index is -3.80. The molecule has 0 aromatic heterocycles. The zero-order valence-corrected chi connectivity index (χ0v) is 16.8. The molecule has 0 N–H and O–H groups in total. The molecule has 2 aromatic rings. The maximum Gasteiger partial charge on any atom is 0.243 e. The molecule has 1 saturated heterocycles. The van der Waals surface area contributed by atoms with Crippen LogP contribution in [0.1, 0.15) is 35.6 Å². The van der Waals surface area contributed by atoms with E-state index >= 15 is 0 Å². The molecule has 1 heterocycles. The largest absolute Gasteiger partial charge is 0.335 e. The summed E-state index contributed by atoms with van der Waals surface area (Å²) in [5.41, 5.74) is 2.62. The molecule has 1 atom stereocenters. The Bertz CT molecular complexity index is 993. The molecule has 0 radical (unpaired) electrons. The Labute approximate surface area is 166 Å². The predicted octanol–water partition coefficient (Wildman–Crippen LogP) is 2.85. The maximum atomic E-state index is 12.9. The number of amides is 1. The molecule has 146 valence electrons. The van der Waals surface area contributed by atoms with Gasteiger partial charge in [-0.3, -0.25) is 4.79 Å². The number of hydrogen-bond donors (Lipinski definition) is 0. The second-order valence-corrected chi connectivity index (χ2v) is 9.10. The van der Waals surface area contributed by atoms with Crippen LogP contribution in [-0.4, -0.2) is 43.7 Å². The number of nitrogens with zero attached hydrogens (tertiary/aromatic N) is 3. The minimum absolute atomic E-state index is 0.0147. The zero-order valence-electron chi connectivity index (χ0n) is 16.0. The van der Waals surface area contributed by atoms with Crippen molar-refractivity contribution in [3.05, 3.63) is 65.2 Å². The summed E-state index contributed by atoms with van der Waals surface area (Å²) in [7, 11) is -2.39. The summed E-state index contributed by atoms with van der Waals surface area (Å²) in [5, 5.41) is 8.85. The second-order valence-electron chi connectivity index (χ2n) is 7.05. The molecular formula is C21H23N3O3S. The third-order valence-electron chi connectivity index (χ3n) is 5.08. The van der Waals surface area contributed by atoms with Gasteiger partial charge in [0.25, 0.3) is 0 Å². The normalized spacial score (nSPS) is 16.9. The molecule has 3 rings (SSSR count). The van der Waals surface area contributed by atoms with Gasteiger partial charge in [-0.05, 0) is 49.6 Å². The van der Waals surface area contributed by atoms with Crippen molar-refractivity contribution in [3.63, 3.8) is 0 Å². The fourth-order valence-corrected chi connectivity index (χ4v) is 4.57. The summed E-state index contributed by atoms with van der Waals surface area (Å²) in [6, 6.07) is 15.7. The molecule has 1 unspecified atom stereocenters. The lowest BCUT2D eigenvalue weighted by molar-refractivity contribution is -0.132. The molecule has 7 heteroatoms. The van der Waals surface area contributed by atoms with E-state index in [1.54, 1.807) is 4.90 Å². The Morgan fingerprint density at radius 2 is 1.82 bits per heavy atom. The highest BCUT2D eigenvalue weighted by molar-refractivity contribution is 7.89. The average molecular weight is 398 g/mol. The van der Waals surface area contributed by atoms with Crippen LogP contribution >= 0.6 is 0 Å². The molecule has 1 fully saturated rings. The highest BCUT2D eigenvalue weighted by Crippen LogP contribution is 2.32. The molecule has 0 saturated carbocycles. The van der Waals surface area contributed by atoms with E-state index in [4.69, 9.17) is 5.26 Å². The SMILES string of the molecule is Cc1ccc(C2CCCN2C(=O)CN(C)S(=O)(=O)c2ccc(C#N)cc2)cc1. The summed E-state index contributed by atoms with van der Waals surface area (Å²) < 4.78 is 26.6. The molecule has 0 aliphatic carbocycles. The number of likely N-dealkylation sites (tertiary alicyclic amines) is 1. The molecule has 28 heavy (non-hydrogen) atoms. The van der Waals surface area contributed by atoms with Crippen molar-refractivity contribution in [2.45, 2.75) is 30.7 Å². The number of benzene rings is 2. The second kappa shape index (κ2) is 8.13. The first-order valence-electron chi connectivity index (χ1n) is 9.15. The molecule has 6 nitrogen and oxygen atoms in total. The van der Waals surface area contributed by atoms with Gasteiger partial charge in [-0.25, -0.2) is 8.42 Å². The number of likely N-dealkylation sites (N-methyl/N-ethyl adjacent to an activating group) is 1. The van der Waals surface area contributed by atoms with Crippen LogP contribution < -0.4 is 0 Å². The molecule has 1 aliphatic rings. The number of aryl methyl sites for hydroxylation is 1. The molecule has 1 aliphatic heterocycles.